The van der Waals surface area contributed by atoms with Gasteiger partial charge in [-0.1, -0.05) is 25.7 Å². The summed E-state index contributed by atoms with van der Waals surface area (Å²) in [7, 11) is 0. The highest BCUT2D eigenvalue weighted by Gasteiger charge is 2.20. The second kappa shape index (κ2) is 6.02. The topological polar surface area (TPSA) is 55.1 Å². The molecule has 1 fully saturated rings. The number of carbonyl (C=O) groups is 1. The minimum Gasteiger partial charge on any atom is -0.352 e. The number of carbonyl (C=O) groups excluding carboxylic acids is 1. The third-order valence-corrected chi connectivity index (χ3v) is 2.97. The fraction of sp³-hybridized carbons (Fsp3) is 0.909. The molecule has 0 radical (unpaired) electrons. The van der Waals surface area contributed by atoms with E-state index in [0.29, 0.717) is 6.54 Å². The van der Waals surface area contributed by atoms with Gasteiger partial charge in [0.25, 0.3) is 0 Å². The van der Waals surface area contributed by atoms with Crippen LogP contribution in [0.15, 0.2) is 0 Å². The first-order chi connectivity index (χ1) is 6.74. The Morgan fingerprint density at radius 3 is 2.43 bits per heavy atom. The van der Waals surface area contributed by atoms with Gasteiger partial charge < -0.3 is 11.1 Å². The highest BCUT2D eigenvalue weighted by Crippen LogP contribution is 2.22. The zero-order valence-electron chi connectivity index (χ0n) is 9.09. The van der Waals surface area contributed by atoms with Crippen LogP contribution in [0, 0.1) is 5.92 Å². The zero-order valence-corrected chi connectivity index (χ0v) is 9.09. The van der Waals surface area contributed by atoms with Crippen LogP contribution in [0.1, 0.15) is 45.4 Å². The molecule has 1 saturated carbocycles. The van der Waals surface area contributed by atoms with E-state index in [2.05, 4.69) is 5.32 Å². The molecule has 1 rings (SSSR count). The Hall–Kier alpha value is -0.570. The zero-order chi connectivity index (χ0) is 10.4. The molecule has 14 heavy (non-hydrogen) atoms. The summed E-state index contributed by atoms with van der Waals surface area (Å²) in [5.74, 6) is 0.455. The summed E-state index contributed by atoms with van der Waals surface area (Å²) in [5.41, 5.74) is 5.47. The number of rotatable bonds is 3. The van der Waals surface area contributed by atoms with Crippen molar-refractivity contribution in [1.29, 1.82) is 0 Å². The minimum absolute atomic E-state index is 0.116. The van der Waals surface area contributed by atoms with Crippen LogP contribution in [-0.2, 0) is 4.79 Å². The van der Waals surface area contributed by atoms with Crippen molar-refractivity contribution >= 4 is 5.91 Å². The Balaban J connectivity index is 2.34. The van der Waals surface area contributed by atoms with Gasteiger partial charge in [-0.3, -0.25) is 4.79 Å². The molecular weight excluding hydrogens is 176 g/mol. The first-order valence-electron chi connectivity index (χ1n) is 5.74. The van der Waals surface area contributed by atoms with Crippen molar-refractivity contribution in [3.05, 3.63) is 0 Å². The van der Waals surface area contributed by atoms with Crippen molar-refractivity contribution in [3.63, 3.8) is 0 Å². The number of hydrogen-bond acceptors (Lipinski definition) is 2. The summed E-state index contributed by atoms with van der Waals surface area (Å²) < 4.78 is 0. The molecular formula is C11H22N2O. The van der Waals surface area contributed by atoms with Gasteiger partial charge in [-0.15, -0.1) is 0 Å². The molecule has 0 saturated heterocycles. The summed E-state index contributed by atoms with van der Waals surface area (Å²) in [4.78, 5) is 11.8. The first-order valence-corrected chi connectivity index (χ1v) is 5.74. The van der Waals surface area contributed by atoms with E-state index in [4.69, 9.17) is 5.73 Å². The lowest BCUT2D eigenvalue weighted by Crippen LogP contribution is -2.41. The molecule has 0 spiro atoms. The Morgan fingerprint density at radius 2 is 1.93 bits per heavy atom. The van der Waals surface area contributed by atoms with Gasteiger partial charge in [0.05, 0.1) is 0 Å². The van der Waals surface area contributed by atoms with Crippen LogP contribution in [0.5, 0.6) is 0 Å². The van der Waals surface area contributed by atoms with Crippen LogP contribution in [0.25, 0.3) is 0 Å². The van der Waals surface area contributed by atoms with Gasteiger partial charge in [0.1, 0.15) is 0 Å². The van der Waals surface area contributed by atoms with E-state index in [1.807, 2.05) is 6.92 Å². The molecule has 1 aliphatic rings. The van der Waals surface area contributed by atoms with Gasteiger partial charge in [0.2, 0.25) is 5.91 Å². The molecule has 1 aliphatic carbocycles. The smallest absolute Gasteiger partial charge is 0.223 e. The van der Waals surface area contributed by atoms with Crippen LogP contribution < -0.4 is 11.1 Å². The number of nitrogens with one attached hydrogen (secondary N) is 1. The molecule has 0 aromatic heterocycles. The van der Waals surface area contributed by atoms with Gasteiger partial charge in [-0.05, 0) is 19.8 Å². The van der Waals surface area contributed by atoms with E-state index in [0.717, 1.165) is 12.8 Å². The van der Waals surface area contributed by atoms with Gasteiger partial charge in [-0.2, -0.15) is 0 Å². The van der Waals surface area contributed by atoms with Crippen molar-refractivity contribution in [2.45, 2.75) is 51.5 Å². The van der Waals surface area contributed by atoms with Gasteiger partial charge in [0, 0.05) is 18.5 Å². The molecule has 0 aromatic carbocycles. The second-order valence-corrected chi connectivity index (χ2v) is 4.33. The van der Waals surface area contributed by atoms with Crippen molar-refractivity contribution in [3.8, 4) is 0 Å². The Labute approximate surface area is 86.4 Å². The van der Waals surface area contributed by atoms with Gasteiger partial charge in [0.15, 0.2) is 0 Å². The molecule has 0 heterocycles. The monoisotopic (exact) mass is 198 g/mol. The lowest BCUT2D eigenvalue weighted by Gasteiger charge is -2.17. The van der Waals surface area contributed by atoms with Crippen LogP contribution in [-0.4, -0.2) is 18.5 Å². The SMILES string of the molecule is C[C@H](CN)NC(=O)C1CCCCCC1. The predicted octanol–water partition coefficient (Wildman–Crippen LogP) is 1.42. The fourth-order valence-electron chi connectivity index (χ4n) is 1.96. The second-order valence-electron chi connectivity index (χ2n) is 4.33. The molecule has 1 amide bonds. The summed E-state index contributed by atoms with van der Waals surface area (Å²) >= 11 is 0. The van der Waals surface area contributed by atoms with Crippen LogP contribution in [0.3, 0.4) is 0 Å². The Bertz CT molecular complexity index is 174. The summed E-state index contributed by atoms with van der Waals surface area (Å²) in [6.45, 7) is 2.48. The molecule has 82 valence electrons. The van der Waals surface area contributed by atoms with E-state index < -0.39 is 0 Å². The Kier molecular flexibility index (Phi) is 4.94. The molecule has 3 heteroatoms. The fourth-order valence-corrected chi connectivity index (χ4v) is 1.96. The molecule has 0 aliphatic heterocycles. The number of nitrogens with two attached hydrogens (primary N) is 1. The van der Waals surface area contributed by atoms with E-state index in [9.17, 15) is 4.79 Å². The summed E-state index contributed by atoms with van der Waals surface area (Å²) in [6, 6.07) is 0.116. The third-order valence-electron chi connectivity index (χ3n) is 2.97. The van der Waals surface area contributed by atoms with Crippen molar-refractivity contribution in [1.82, 2.24) is 5.32 Å². The van der Waals surface area contributed by atoms with E-state index in [-0.39, 0.29) is 17.9 Å². The maximum absolute atomic E-state index is 11.8. The quantitative estimate of drug-likeness (QED) is 0.674. The summed E-state index contributed by atoms with van der Waals surface area (Å²) in [6.07, 6.45) is 7.10. The van der Waals surface area contributed by atoms with Crippen molar-refractivity contribution < 1.29 is 4.79 Å². The van der Waals surface area contributed by atoms with Gasteiger partial charge >= 0.3 is 0 Å². The lowest BCUT2D eigenvalue weighted by molar-refractivity contribution is -0.125. The van der Waals surface area contributed by atoms with Crippen LogP contribution in [0.4, 0.5) is 0 Å². The highest BCUT2D eigenvalue weighted by molar-refractivity contribution is 5.78. The third kappa shape index (κ3) is 3.66. The molecule has 3 nitrogen and oxygen atoms in total. The first kappa shape index (κ1) is 11.5. The molecule has 3 N–H and O–H groups in total. The highest BCUT2D eigenvalue weighted by atomic mass is 16.1. The van der Waals surface area contributed by atoms with Crippen LogP contribution in [0.2, 0.25) is 0 Å². The predicted molar refractivity (Wildman–Crippen MR) is 57.9 cm³/mol. The average Bonchev–Trinajstić information content (AvgIpc) is 2.45. The maximum atomic E-state index is 11.8. The summed E-state index contributed by atoms with van der Waals surface area (Å²) in [5, 5.41) is 2.96. The molecule has 0 unspecified atom stereocenters. The maximum Gasteiger partial charge on any atom is 0.223 e. The minimum atomic E-state index is 0.116. The van der Waals surface area contributed by atoms with E-state index >= 15 is 0 Å². The number of hydrogen-bond donors (Lipinski definition) is 2. The molecule has 0 aromatic rings. The van der Waals surface area contributed by atoms with E-state index in [1.54, 1.807) is 0 Å². The lowest BCUT2D eigenvalue weighted by atomic mass is 9.99. The van der Waals surface area contributed by atoms with Gasteiger partial charge in [-0.25, -0.2) is 0 Å². The van der Waals surface area contributed by atoms with Crippen LogP contribution >= 0.6 is 0 Å². The normalized spacial score (nSPS) is 21.3. The largest absolute Gasteiger partial charge is 0.352 e. The number of amides is 1. The standard InChI is InChI=1S/C11H22N2O/c1-9(8-12)13-11(14)10-6-4-2-3-5-7-10/h9-10H,2-8,12H2,1H3,(H,13,14)/t9-/m1/s1. The average molecular weight is 198 g/mol. The Morgan fingerprint density at radius 1 is 1.36 bits per heavy atom. The van der Waals surface area contributed by atoms with Crippen molar-refractivity contribution in [2.75, 3.05) is 6.54 Å². The molecule has 1 atom stereocenters. The van der Waals surface area contributed by atoms with E-state index in [1.165, 1.54) is 25.7 Å². The molecule has 0 bridgehead atoms. The van der Waals surface area contributed by atoms with Crippen molar-refractivity contribution in [2.24, 2.45) is 11.7 Å².